The molecule has 9 rings (SSSR count). The molecule has 0 bridgehead atoms. The summed E-state index contributed by atoms with van der Waals surface area (Å²) in [4.78, 5) is 0. The van der Waals surface area contributed by atoms with E-state index in [1.807, 2.05) is 0 Å². The van der Waals surface area contributed by atoms with Gasteiger partial charge in [0.2, 0.25) is 0 Å². The molecule has 4 heteroatoms. The van der Waals surface area contributed by atoms with Gasteiger partial charge in [0.15, 0.2) is 0 Å². The number of hydrogen-bond acceptors (Lipinski definition) is 3. The van der Waals surface area contributed by atoms with Crippen molar-refractivity contribution in [3.05, 3.63) is 228 Å². The van der Waals surface area contributed by atoms with Gasteiger partial charge in [-0.1, -0.05) is 392 Å². The van der Waals surface area contributed by atoms with Crippen LogP contribution in [0.15, 0.2) is 127 Å². The molecule has 0 saturated heterocycles. The highest BCUT2D eigenvalue weighted by molar-refractivity contribution is 7.43. The van der Waals surface area contributed by atoms with Crippen LogP contribution in [0.1, 0.15) is 426 Å². The van der Waals surface area contributed by atoms with Crippen molar-refractivity contribution < 1.29 is 13.6 Å². The van der Waals surface area contributed by atoms with Crippen LogP contribution >= 0.6 is 8.60 Å². The fourth-order valence-electron chi connectivity index (χ4n) is 18.6. The summed E-state index contributed by atoms with van der Waals surface area (Å²) in [6.07, 6.45) is 11.2. The van der Waals surface area contributed by atoms with Gasteiger partial charge in [0.1, 0.15) is 17.2 Å². The Labute approximate surface area is 761 Å². The summed E-state index contributed by atoms with van der Waals surface area (Å²) in [6, 6.07) is 51.5. The van der Waals surface area contributed by atoms with Crippen molar-refractivity contribution in [2.45, 2.75) is 433 Å². The zero-order valence-corrected chi connectivity index (χ0v) is 87.7. The normalized spacial score (nSPS) is 13.4. The molecule has 0 amide bonds. The molecule has 0 aliphatic heterocycles. The highest BCUT2D eigenvalue weighted by atomic mass is 31.2. The van der Waals surface area contributed by atoms with E-state index in [4.69, 9.17) is 13.6 Å². The number of aryl methyl sites for hydroxylation is 6. The average molecular weight is 1690 g/mol. The average Bonchev–Trinajstić information content (AvgIpc) is 0.729. The summed E-state index contributed by atoms with van der Waals surface area (Å²) in [5.41, 5.74) is 34.8. The third-order valence-electron chi connectivity index (χ3n) is 32.2. The van der Waals surface area contributed by atoms with Gasteiger partial charge < -0.3 is 13.6 Å². The molecule has 9 aromatic carbocycles. The molecule has 0 spiro atoms. The molecule has 674 valence electrons. The minimum absolute atomic E-state index is 0.232. The van der Waals surface area contributed by atoms with Crippen LogP contribution in [0.25, 0.3) is 66.8 Å². The highest BCUT2D eigenvalue weighted by Crippen LogP contribution is 2.62. The molecule has 0 atom stereocenters. The van der Waals surface area contributed by atoms with E-state index in [-0.39, 0.29) is 65.0 Å². The Morgan fingerprint density at radius 1 is 0.177 bits per heavy atom. The summed E-state index contributed by atoms with van der Waals surface area (Å²) in [5.74, 6) is 2.19. The molecule has 0 fully saturated rings. The smallest absolute Gasteiger partial charge is 0.408 e. The summed E-state index contributed by atoms with van der Waals surface area (Å²) in [6.45, 7) is 102. The molecule has 0 N–H and O–H groups in total. The van der Waals surface area contributed by atoms with Gasteiger partial charge in [-0.3, -0.25) is 0 Å². The SMILES string of the molecule is CCC(C)(C)c1cc(C)cc(C(C)(C)CC)c1-c1cccc(OP(Oc2cccc(-c3c(C(C)(C)CC)cc(C)cc3C(C)(C)CC)c2-c2c(C(C)(C)CC)cc(C)cc2C(C)(C)CC)Oc2cccc(-c3c(C(C)(C)CC)cc(C)cc3C(C)(C)CC)c2-c2c(C(C)(C)CC)cc(C)cc2C(C)(C)CC)c1-c1c(C(C)(C)CC)cc(C)cc1C(C)(C)CC. The van der Waals surface area contributed by atoms with Gasteiger partial charge in [0.25, 0.3) is 0 Å². The minimum atomic E-state index is -2.64. The van der Waals surface area contributed by atoms with Crippen LogP contribution in [0, 0.1) is 41.5 Å². The van der Waals surface area contributed by atoms with Crippen molar-refractivity contribution in [1.82, 2.24) is 0 Å². The number of hydrogen-bond donors (Lipinski definition) is 0. The maximum Gasteiger partial charge on any atom is 0.530 e. The molecule has 124 heavy (non-hydrogen) atoms. The molecule has 0 radical (unpaired) electrons. The zero-order valence-electron chi connectivity index (χ0n) is 86.8. The molecular formula is C120H171O3P. The summed E-state index contributed by atoms with van der Waals surface area (Å²) >= 11 is 0. The second-order valence-electron chi connectivity index (χ2n) is 45.8. The lowest BCUT2D eigenvalue weighted by Crippen LogP contribution is -2.25. The standard InChI is InChI=1S/C120H171O3P/c1-43-109(19,20)85-64-76(13)65-86(110(21,22)44-2)100(85)82-58-55-61-97(103(82)106-91(115(31,32)49-7)70-79(16)71-92(106)116(33,34)50-8)121-124(122-98-62-56-59-83(101-87(111(23,24)45-3)66-77(14)67-88(101)112(25,26)46-4)104(98)107-93(117(35,36)51-9)72-80(17)73-94(107)118(37,38)52-10)123-99-63-57-60-84(102-89(113(27,28)47-5)68-78(15)69-90(102)114(29,30)48-6)105(99)108-95(119(39,40)53-11)74-81(18)75-96(108)120(41,42)54-12/h55-75H,43-54H2,1-42H3. The van der Waals surface area contributed by atoms with E-state index >= 15 is 0 Å². The van der Waals surface area contributed by atoms with E-state index in [9.17, 15) is 0 Å². The van der Waals surface area contributed by atoms with E-state index in [1.165, 1.54) is 150 Å². The van der Waals surface area contributed by atoms with Crippen LogP contribution in [0.2, 0.25) is 0 Å². The molecule has 0 aliphatic carbocycles. The quantitative estimate of drug-likeness (QED) is 0.0366. The molecule has 0 heterocycles. The number of benzene rings is 9. The van der Waals surface area contributed by atoms with E-state index in [2.05, 4.69) is 418 Å². The first-order valence-electron chi connectivity index (χ1n) is 48.5. The Morgan fingerprint density at radius 2 is 0.298 bits per heavy atom. The lowest BCUT2D eigenvalue weighted by Gasteiger charge is -2.38. The second kappa shape index (κ2) is 37.1. The van der Waals surface area contributed by atoms with Crippen LogP contribution in [-0.4, -0.2) is 0 Å². The third kappa shape index (κ3) is 19.7. The Bertz CT molecular complexity index is 4600. The van der Waals surface area contributed by atoms with E-state index in [0.29, 0.717) is 0 Å². The largest absolute Gasteiger partial charge is 0.530 e. The predicted molar refractivity (Wildman–Crippen MR) is 549 cm³/mol. The maximum atomic E-state index is 8.85. The first-order valence-corrected chi connectivity index (χ1v) is 49.6. The van der Waals surface area contributed by atoms with Gasteiger partial charge in [-0.05, 0) is 319 Å². The summed E-state index contributed by atoms with van der Waals surface area (Å²) in [7, 11) is -2.64. The molecule has 0 aliphatic rings. The monoisotopic (exact) mass is 1690 g/mol. The molecule has 0 saturated carbocycles. The molecule has 3 nitrogen and oxygen atoms in total. The van der Waals surface area contributed by atoms with E-state index < -0.39 is 8.60 Å². The van der Waals surface area contributed by atoms with Crippen molar-refractivity contribution in [3.63, 3.8) is 0 Å². The fraction of sp³-hybridized carbons (Fsp3) is 0.550. The minimum Gasteiger partial charge on any atom is -0.408 e. The highest BCUT2D eigenvalue weighted by Gasteiger charge is 2.44. The van der Waals surface area contributed by atoms with Crippen molar-refractivity contribution in [1.29, 1.82) is 0 Å². The molecule has 0 aromatic heterocycles. The Kier molecular flexibility index (Phi) is 30.1. The number of rotatable bonds is 36. The molecule has 0 unspecified atom stereocenters. The Balaban J connectivity index is 1.70. The van der Waals surface area contributed by atoms with Gasteiger partial charge in [0, 0.05) is 16.7 Å². The van der Waals surface area contributed by atoms with Gasteiger partial charge >= 0.3 is 8.60 Å². The first kappa shape index (κ1) is 101. The fourth-order valence-corrected chi connectivity index (χ4v) is 19.7. The Hall–Kier alpha value is -7.19. The van der Waals surface area contributed by atoms with Crippen LogP contribution in [0.3, 0.4) is 0 Å². The molecular weight excluding hydrogens is 1520 g/mol. The van der Waals surface area contributed by atoms with Crippen molar-refractivity contribution in [3.8, 4) is 84.0 Å². The topological polar surface area (TPSA) is 27.7 Å². The second-order valence-corrected chi connectivity index (χ2v) is 46.8. The van der Waals surface area contributed by atoms with Crippen LogP contribution < -0.4 is 13.6 Å². The van der Waals surface area contributed by atoms with Gasteiger partial charge in [-0.15, -0.1) is 0 Å². The van der Waals surface area contributed by atoms with Crippen LogP contribution in [-0.2, 0) is 65.0 Å². The lowest BCUT2D eigenvalue weighted by atomic mass is 9.67. The maximum absolute atomic E-state index is 8.85. The van der Waals surface area contributed by atoms with Crippen molar-refractivity contribution in [2.24, 2.45) is 0 Å². The van der Waals surface area contributed by atoms with E-state index in [0.717, 1.165) is 111 Å². The summed E-state index contributed by atoms with van der Waals surface area (Å²) in [5, 5.41) is 0. The third-order valence-corrected chi connectivity index (χ3v) is 33.2. The van der Waals surface area contributed by atoms with Gasteiger partial charge in [-0.2, -0.15) is 0 Å². The van der Waals surface area contributed by atoms with Gasteiger partial charge in [0.05, 0.1) is 0 Å². The lowest BCUT2D eigenvalue weighted by molar-refractivity contribution is 0.389. The van der Waals surface area contributed by atoms with Crippen molar-refractivity contribution in [2.75, 3.05) is 0 Å². The zero-order chi connectivity index (χ0) is 93.1. The van der Waals surface area contributed by atoms with Crippen LogP contribution in [0.5, 0.6) is 17.2 Å². The van der Waals surface area contributed by atoms with Crippen molar-refractivity contribution >= 4 is 8.60 Å². The summed E-state index contributed by atoms with van der Waals surface area (Å²) < 4.78 is 26.5. The van der Waals surface area contributed by atoms with Crippen LogP contribution in [0.4, 0.5) is 0 Å². The Morgan fingerprint density at radius 3 is 0.419 bits per heavy atom. The molecule has 9 aromatic rings. The first-order chi connectivity index (χ1) is 57.4. The van der Waals surface area contributed by atoms with E-state index in [1.54, 1.807) is 0 Å². The van der Waals surface area contributed by atoms with Gasteiger partial charge in [-0.25, -0.2) is 0 Å². The predicted octanol–water partition coefficient (Wildman–Crippen LogP) is 37.6.